The van der Waals surface area contributed by atoms with E-state index in [1.165, 1.54) is 0 Å². The first-order valence-electron chi connectivity index (χ1n) is 3.10. The van der Waals surface area contributed by atoms with Crippen LogP contribution >= 0.6 is 29.8 Å². The van der Waals surface area contributed by atoms with Crippen LogP contribution in [0.15, 0.2) is 0 Å². The topological polar surface area (TPSA) is 35.5 Å². The zero-order chi connectivity index (χ0) is 8.70. The molecule has 1 heterocycles. The molecule has 6 heteroatoms. The SMILES string of the molecule is CC1(C)COP(=O)(Cl)OC1Cl. The molecule has 0 aromatic rings. The van der Waals surface area contributed by atoms with Crippen molar-refractivity contribution in [3.63, 3.8) is 0 Å². The van der Waals surface area contributed by atoms with Gasteiger partial charge < -0.3 is 0 Å². The van der Waals surface area contributed by atoms with Gasteiger partial charge >= 0.3 is 6.95 Å². The molecular weight excluding hydrogens is 210 g/mol. The Bertz CT molecular complexity index is 206. The van der Waals surface area contributed by atoms with Gasteiger partial charge in [0.1, 0.15) is 5.56 Å². The minimum atomic E-state index is -3.38. The Morgan fingerprint density at radius 1 is 1.64 bits per heavy atom. The highest BCUT2D eigenvalue weighted by molar-refractivity contribution is 7.81. The summed E-state index contributed by atoms with van der Waals surface area (Å²) >= 11 is 11.1. The van der Waals surface area contributed by atoms with Crippen molar-refractivity contribution < 1.29 is 13.6 Å². The Morgan fingerprint density at radius 2 is 2.18 bits per heavy atom. The standard InChI is InChI=1S/C5H9Cl2O3P/c1-5(2)3-9-11(7,8)10-4(5)6/h4H,3H2,1-2H3. The van der Waals surface area contributed by atoms with Gasteiger partial charge in [0.2, 0.25) is 0 Å². The number of hydrogen-bond acceptors (Lipinski definition) is 3. The fraction of sp³-hybridized carbons (Fsp3) is 1.00. The average Bonchev–Trinajstić information content (AvgIpc) is 1.81. The average molecular weight is 219 g/mol. The summed E-state index contributed by atoms with van der Waals surface area (Å²) in [7, 11) is 0. The molecule has 0 spiro atoms. The minimum absolute atomic E-state index is 0.252. The maximum atomic E-state index is 11.0. The van der Waals surface area contributed by atoms with Gasteiger partial charge in [-0.2, -0.15) is 0 Å². The third kappa shape index (κ3) is 2.33. The van der Waals surface area contributed by atoms with Gasteiger partial charge in [-0.25, -0.2) is 4.57 Å². The van der Waals surface area contributed by atoms with Gasteiger partial charge in [-0.3, -0.25) is 9.05 Å². The Kier molecular flexibility index (Phi) is 2.58. The van der Waals surface area contributed by atoms with E-state index in [-0.39, 0.29) is 12.0 Å². The summed E-state index contributed by atoms with van der Waals surface area (Å²) in [6.45, 7) is 0.565. The highest BCUT2D eigenvalue weighted by Gasteiger charge is 2.42. The molecule has 0 aromatic carbocycles. The lowest BCUT2D eigenvalue weighted by molar-refractivity contribution is 0.0254. The van der Waals surface area contributed by atoms with Crippen molar-refractivity contribution in [1.29, 1.82) is 0 Å². The van der Waals surface area contributed by atoms with Crippen molar-refractivity contribution in [2.75, 3.05) is 6.61 Å². The van der Waals surface area contributed by atoms with E-state index in [1.807, 2.05) is 13.8 Å². The Morgan fingerprint density at radius 3 is 2.55 bits per heavy atom. The number of halogens is 2. The fourth-order valence-electron chi connectivity index (χ4n) is 0.593. The summed E-state index contributed by atoms with van der Waals surface area (Å²) in [6, 6.07) is 0. The molecule has 1 aliphatic rings. The van der Waals surface area contributed by atoms with Crippen LogP contribution in [-0.2, 0) is 13.6 Å². The Labute approximate surface area is 75.3 Å². The lowest BCUT2D eigenvalue weighted by Crippen LogP contribution is -2.34. The summed E-state index contributed by atoms with van der Waals surface area (Å²) in [5, 5.41) is 0. The van der Waals surface area contributed by atoms with Crippen LogP contribution in [0.4, 0.5) is 0 Å². The van der Waals surface area contributed by atoms with Crippen molar-refractivity contribution >= 4 is 29.8 Å². The smallest absolute Gasteiger partial charge is 0.296 e. The summed E-state index contributed by atoms with van der Waals surface area (Å²) in [6.07, 6.45) is 0. The van der Waals surface area contributed by atoms with Crippen molar-refractivity contribution in [3.05, 3.63) is 0 Å². The molecule has 2 atom stereocenters. The molecule has 1 fully saturated rings. The summed E-state index contributed by atoms with van der Waals surface area (Å²) in [5.41, 5.74) is -0.996. The molecule has 1 aliphatic heterocycles. The van der Waals surface area contributed by atoms with Crippen LogP contribution in [0, 0.1) is 5.41 Å². The quantitative estimate of drug-likeness (QED) is 0.464. The number of hydrogen-bond donors (Lipinski definition) is 0. The molecule has 0 aliphatic carbocycles. The van der Waals surface area contributed by atoms with Crippen molar-refractivity contribution in [2.24, 2.45) is 5.41 Å². The van der Waals surface area contributed by atoms with E-state index in [0.29, 0.717) is 0 Å². The Balaban J connectivity index is 2.70. The monoisotopic (exact) mass is 218 g/mol. The van der Waals surface area contributed by atoms with E-state index < -0.39 is 12.5 Å². The van der Waals surface area contributed by atoms with Gasteiger partial charge in [0.15, 0.2) is 0 Å². The van der Waals surface area contributed by atoms with Gasteiger partial charge in [-0.1, -0.05) is 25.4 Å². The van der Waals surface area contributed by atoms with E-state index in [4.69, 9.17) is 31.9 Å². The molecule has 0 bridgehead atoms. The maximum absolute atomic E-state index is 11.0. The molecule has 0 N–H and O–H groups in total. The molecule has 0 aromatic heterocycles. The van der Waals surface area contributed by atoms with E-state index in [0.717, 1.165) is 0 Å². The van der Waals surface area contributed by atoms with Crippen molar-refractivity contribution in [3.8, 4) is 0 Å². The normalized spacial score (nSPS) is 43.8. The largest absolute Gasteiger partial charge is 0.425 e. The third-order valence-corrected chi connectivity index (χ3v) is 3.66. The highest BCUT2D eigenvalue weighted by atomic mass is 35.7. The van der Waals surface area contributed by atoms with Crippen molar-refractivity contribution in [2.45, 2.75) is 19.4 Å². The van der Waals surface area contributed by atoms with E-state index in [9.17, 15) is 4.57 Å². The second kappa shape index (κ2) is 2.90. The summed E-state index contributed by atoms with van der Waals surface area (Å²) < 4.78 is 20.5. The van der Waals surface area contributed by atoms with Gasteiger partial charge in [0.25, 0.3) is 0 Å². The summed E-state index contributed by atoms with van der Waals surface area (Å²) in [5.74, 6) is 0. The molecule has 1 rings (SSSR count). The van der Waals surface area contributed by atoms with Crippen LogP contribution in [-0.4, -0.2) is 12.2 Å². The van der Waals surface area contributed by atoms with Crippen molar-refractivity contribution in [1.82, 2.24) is 0 Å². The van der Waals surface area contributed by atoms with E-state index in [2.05, 4.69) is 0 Å². The lowest BCUT2D eigenvalue weighted by atomic mass is 9.96. The third-order valence-electron chi connectivity index (χ3n) is 1.42. The van der Waals surface area contributed by atoms with E-state index >= 15 is 0 Å². The molecule has 1 saturated heterocycles. The van der Waals surface area contributed by atoms with Crippen LogP contribution in [0.1, 0.15) is 13.8 Å². The fourth-order valence-corrected chi connectivity index (χ4v) is 2.53. The van der Waals surface area contributed by atoms with Gasteiger partial charge in [-0.15, -0.1) is 0 Å². The first-order chi connectivity index (χ1) is 4.83. The lowest BCUT2D eigenvalue weighted by Gasteiger charge is -2.35. The zero-order valence-corrected chi connectivity index (χ0v) is 8.62. The highest BCUT2D eigenvalue weighted by Crippen LogP contribution is 2.60. The molecule has 0 saturated carbocycles. The summed E-state index contributed by atoms with van der Waals surface area (Å²) in [4.78, 5) is 0. The van der Waals surface area contributed by atoms with Crippen LogP contribution < -0.4 is 0 Å². The van der Waals surface area contributed by atoms with Gasteiger partial charge in [0, 0.05) is 16.7 Å². The first-order valence-corrected chi connectivity index (χ1v) is 5.99. The second-order valence-corrected chi connectivity index (χ2v) is 6.08. The molecule has 11 heavy (non-hydrogen) atoms. The number of rotatable bonds is 0. The molecule has 3 nitrogen and oxygen atoms in total. The van der Waals surface area contributed by atoms with Crippen LogP contribution in [0.5, 0.6) is 0 Å². The first kappa shape index (κ1) is 9.82. The Hall–Kier alpha value is 0.730. The molecule has 2 unspecified atom stereocenters. The second-order valence-electron chi connectivity index (χ2n) is 3.11. The molecular formula is C5H9Cl2O3P. The molecule has 66 valence electrons. The zero-order valence-electron chi connectivity index (χ0n) is 6.21. The van der Waals surface area contributed by atoms with Crippen LogP contribution in [0.2, 0.25) is 0 Å². The van der Waals surface area contributed by atoms with Crippen LogP contribution in [0.3, 0.4) is 0 Å². The molecule has 0 radical (unpaired) electrons. The van der Waals surface area contributed by atoms with Gasteiger partial charge in [-0.05, 0) is 0 Å². The maximum Gasteiger partial charge on any atom is 0.425 e. The van der Waals surface area contributed by atoms with Gasteiger partial charge in [0.05, 0.1) is 6.61 Å². The predicted octanol–water partition coefficient (Wildman–Crippen LogP) is 2.97. The molecule has 0 amide bonds. The minimum Gasteiger partial charge on any atom is -0.296 e. The predicted molar refractivity (Wildman–Crippen MR) is 43.9 cm³/mol. The van der Waals surface area contributed by atoms with Crippen LogP contribution in [0.25, 0.3) is 0 Å². The van der Waals surface area contributed by atoms with E-state index in [1.54, 1.807) is 0 Å². The number of alkyl halides is 1.